The van der Waals surface area contributed by atoms with Crippen LogP contribution in [0.1, 0.15) is 23.6 Å². The number of anilines is 1. The van der Waals surface area contributed by atoms with Crippen molar-refractivity contribution in [3.8, 4) is 5.75 Å². The number of urea groups is 1. The Labute approximate surface area is 147 Å². The topological polar surface area (TPSA) is 49.9 Å². The summed E-state index contributed by atoms with van der Waals surface area (Å²) in [4.78, 5) is 28.4. The van der Waals surface area contributed by atoms with Gasteiger partial charge >= 0.3 is 6.03 Å². The minimum absolute atomic E-state index is 0.200. The summed E-state index contributed by atoms with van der Waals surface area (Å²) in [6.45, 7) is 5.92. The van der Waals surface area contributed by atoms with Gasteiger partial charge in [-0.2, -0.15) is 0 Å². The Balaban J connectivity index is 1.91. The average Bonchev–Trinajstić information content (AvgIpc) is 2.80. The fourth-order valence-corrected chi connectivity index (χ4v) is 3.11. The van der Waals surface area contributed by atoms with Crippen LogP contribution < -0.4 is 9.64 Å². The highest BCUT2D eigenvalue weighted by atomic mass is 16.5. The molecule has 0 saturated carbocycles. The van der Waals surface area contributed by atoms with Gasteiger partial charge in [0, 0.05) is 11.3 Å². The van der Waals surface area contributed by atoms with E-state index in [-0.39, 0.29) is 18.5 Å². The van der Waals surface area contributed by atoms with E-state index in [0.717, 1.165) is 22.4 Å². The van der Waals surface area contributed by atoms with Crippen molar-refractivity contribution in [2.24, 2.45) is 0 Å². The van der Waals surface area contributed by atoms with Gasteiger partial charge in [0.25, 0.3) is 5.91 Å². The zero-order chi connectivity index (χ0) is 18.1. The molecular weight excluding hydrogens is 316 g/mol. The maximum absolute atomic E-state index is 12.9. The predicted molar refractivity (Wildman–Crippen MR) is 96.8 cm³/mol. The molecule has 3 amide bonds. The van der Waals surface area contributed by atoms with Crippen LogP contribution in [0.2, 0.25) is 0 Å². The van der Waals surface area contributed by atoms with Gasteiger partial charge in [0.05, 0.1) is 13.7 Å². The molecule has 1 fully saturated rings. The van der Waals surface area contributed by atoms with Crippen molar-refractivity contribution in [1.82, 2.24) is 4.90 Å². The Bertz CT molecular complexity index is 814. The fraction of sp³-hybridized carbons (Fsp3) is 0.300. The molecule has 1 heterocycles. The summed E-state index contributed by atoms with van der Waals surface area (Å²) in [6, 6.07) is 12.5. The SMILES string of the molecule is COc1ccc(C)cc1CN1C(=O)[C@H](C)N(c2ccc(C)cc2)C1=O. The second-order valence-corrected chi connectivity index (χ2v) is 6.40. The number of hydrogen-bond acceptors (Lipinski definition) is 3. The van der Waals surface area contributed by atoms with Crippen molar-refractivity contribution in [1.29, 1.82) is 0 Å². The second kappa shape index (κ2) is 6.59. The van der Waals surface area contributed by atoms with Crippen LogP contribution in [0.25, 0.3) is 0 Å². The first-order chi connectivity index (χ1) is 11.9. The monoisotopic (exact) mass is 338 g/mol. The third-order valence-corrected chi connectivity index (χ3v) is 4.52. The van der Waals surface area contributed by atoms with Crippen molar-refractivity contribution in [3.63, 3.8) is 0 Å². The van der Waals surface area contributed by atoms with Gasteiger partial charge in [0.1, 0.15) is 11.8 Å². The highest BCUT2D eigenvalue weighted by molar-refractivity contribution is 6.14. The van der Waals surface area contributed by atoms with Crippen molar-refractivity contribution in [2.45, 2.75) is 33.4 Å². The molecule has 0 bridgehead atoms. The second-order valence-electron chi connectivity index (χ2n) is 6.40. The lowest BCUT2D eigenvalue weighted by Crippen LogP contribution is -2.33. The van der Waals surface area contributed by atoms with E-state index in [1.807, 2.05) is 56.3 Å². The van der Waals surface area contributed by atoms with Crippen molar-refractivity contribution < 1.29 is 14.3 Å². The van der Waals surface area contributed by atoms with Gasteiger partial charge in [-0.15, -0.1) is 0 Å². The molecule has 0 spiro atoms. The van der Waals surface area contributed by atoms with Gasteiger partial charge in [-0.3, -0.25) is 14.6 Å². The molecule has 2 aromatic rings. The lowest BCUT2D eigenvalue weighted by Gasteiger charge is -2.20. The number of aryl methyl sites for hydroxylation is 2. The van der Waals surface area contributed by atoms with Crippen molar-refractivity contribution in [3.05, 3.63) is 59.2 Å². The Hall–Kier alpha value is -2.82. The molecule has 5 nitrogen and oxygen atoms in total. The van der Waals surface area contributed by atoms with Crippen LogP contribution in [-0.2, 0) is 11.3 Å². The minimum Gasteiger partial charge on any atom is -0.496 e. The van der Waals surface area contributed by atoms with E-state index < -0.39 is 6.04 Å². The molecule has 0 aromatic heterocycles. The lowest BCUT2D eigenvalue weighted by molar-refractivity contribution is -0.127. The third-order valence-electron chi connectivity index (χ3n) is 4.52. The number of imide groups is 1. The first-order valence-electron chi connectivity index (χ1n) is 8.27. The van der Waals surface area contributed by atoms with E-state index >= 15 is 0 Å². The smallest absolute Gasteiger partial charge is 0.332 e. The van der Waals surface area contributed by atoms with E-state index in [0.29, 0.717) is 5.75 Å². The van der Waals surface area contributed by atoms with Crippen LogP contribution in [0, 0.1) is 13.8 Å². The summed E-state index contributed by atoms with van der Waals surface area (Å²) < 4.78 is 5.37. The third kappa shape index (κ3) is 3.09. The van der Waals surface area contributed by atoms with Crippen LogP contribution in [0.5, 0.6) is 5.75 Å². The largest absolute Gasteiger partial charge is 0.496 e. The Morgan fingerprint density at radius 2 is 1.64 bits per heavy atom. The van der Waals surface area contributed by atoms with Gasteiger partial charge < -0.3 is 4.74 Å². The fourth-order valence-electron chi connectivity index (χ4n) is 3.11. The normalized spacial score (nSPS) is 17.4. The molecule has 1 aliphatic rings. The number of carbonyl (C=O) groups is 2. The average molecular weight is 338 g/mol. The number of methoxy groups -OCH3 is 1. The molecule has 5 heteroatoms. The Morgan fingerprint density at radius 3 is 2.28 bits per heavy atom. The molecule has 1 aliphatic heterocycles. The zero-order valence-electron chi connectivity index (χ0n) is 14.9. The van der Waals surface area contributed by atoms with Gasteiger partial charge in [-0.05, 0) is 39.0 Å². The van der Waals surface area contributed by atoms with Gasteiger partial charge in [0.15, 0.2) is 0 Å². The number of hydrogen-bond donors (Lipinski definition) is 0. The van der Waals surface area contributed by atoms with Crippen molar-refractivity contribution in [2.75, 3.05) is 12.0 Å². The highest BCUT2D eigenvalue weighted by Gasteiger charge is 2.43. The van der Waals surface area contributed by atoms with Crippen molar-refractivity contribution >= 4 is 17.6 Å². The number of amides is 3. The summed E-state index contributed by atoms with van der Waals surface area (Å²) in [6.07, 6.45) is 0. The summed E-state index contributed by atoms with van der Waals surface area (Å²) in [5, 5.41) is 0. The molecule has 1 saturated heterocycles. The standard InChI is InChI=1S/C20H22N2O3/c1-13-5-8-17(9-6-13)22-15(3)19(23)21(20(22)24)12-16-11-14(2)7-10-18(16)25-4/h5-11,15H,12H2,1-4H3/t15-/m0/s1. The zero-order valence-corrected chi connectivity index (χ0v) is 14.9. The van der Waals surface area contributed by atoms with Gasteiger partial charge in [-0.1, -0.05) is 35.4 Å². The Morgan fingerprint density at radius 1 is 1.00 bits per heavy atom. The van der Waals surface area contributed by atoms with E-state index in [1.54, 1.807) is 18.9 Å². The maximum atomic E-state index is 12.9. The van der Waals surface area contributed by atoms with Gasteiger partial charge in [0.2, 0.25) is 0 Å². The molecule has 2 aromatic carbocycles. The van der Waals surface area contributed by atoms with Gasteiger partial charge in [-0.25, -0.2) is 4.79 Å². The van der Waals surface area contributed by atoms with Crippen LogP contribution in [-0.4, -0.2) is 30.0 Å². The molecule has 3 rings (SSSR count). The first-order valence-corrected chi connectivity index (χ1v) is 8.27. The summed E-state index contributed by atoms with van der Waals surface area (Å²) >= 11 is 0. The first kappa shape index (κ1) is 17.0. The number of nitrogens with zero attached hydrogens (tertiary/aromatic N) is 2. The molecule has 0 unspecified atom stereocenters. The Kier molecular flexibility index (Phi) is 4.49. The van der Waals surface area contributed by atoms with E-state index in [1.165, 1.54) is 4.90 Å². The van der Waals surface area contributed by atoms with Crippen LogP contribution >= 0.6 is 0 Å². The lowest BCUT2D eigenvalue weighted by atomic mass is 10.1. The number of rotatable bonds is 4. The minimum atomic E-state index is -0.522. The predicted octanol–water partition coefficient (Wildman–Crippen LogP) is 3.67. The van der Waals surface area contributed by atoms with Crippen LogP contribution in [0.15, 0.2) is 42.5 Å². The van der Waals surface area contributed by atoms with E-state index in [4.69, 9.17) is 4.74 Å². The molecule has 0 aliphatic carbocycles. The maximum Gasteiger partial charge on any atom is 0.332 e. The molecule has 0 radical (unpaired) electrons. The quantitative estimate of drug-likeness (QED) is 0.799. The molecule has 25 heavy (non-hydrogen) atoms. The molecule has 130 valence electrons. The highest BCUT2D eigenvalue weighted by Crippen LogP contribution is 2.29. The molecule has 1 atom stereocenters. The van der Waals surface area contributed by atoms with Crippen LogP contribution in [0.3, 0.4) is 0 Å². The number of benzene rings is 2. The number of carbonyl (C=O) groups excluding carboxylic acids is 2. The molecular formula is C20H22N2O3. The number of ether oxygens (including phenoxy) is 1. The summed E-state index contributed by atoms with van der Waals surface area (Å²) in [5.41, 5.74) is 3.71. The molecule has 0 N–H and O–H groups in total. The van der Waals surface area contributed by atoms with E-state index in [2.05, 4.69) is 0 Å². The van der Waals surface area contributed by atoms with Crippen LogP contribution in [0.4, 0.5) is 10.5 Å². The van der Waals surface area contributed by atoms with E-state index in [9.17, 15) is 9.59 Å². The summed E-state index contributed by atoms with van der Waals surface area (Å²) in [7, 11) is 1.59. The summed E-state index contributed by atoms with van der Waals surface area (Å²) in [5.74, 6) is 0.474.